The summed E-state index contributed by atoms with van der Waals surface area (Å²) in [6.07, 6.45) is 6.12. The van der Waals surface area contributed by atoms with Crippen LogP contribution in [0.3, 0.4) is 0 Å². The zero-order chi connectivity index (χ0) is 19.1. The summed E-state index contributed by atoms with van der Waals surface area (Å²) in [4.78, 5) is 35.5. The number of carbonyl (C=O) groups excluding carboxylic acids is 2. The predicted octanol–water partition coefficient (Wildman–Crippen LogP) is 2.63. The smallest absolute Gasteiger partial charge is 0.330 e. The Morgan fingerprint density at radius 2 is 1.69 bits per heavy atom. The molecule has 1 fully saturated rings. The average Bonchev–Trinajstić information content (AvgIpc) is 3.08. The summed E-state index contributed by atoms with van der Waals surface area (Å²) in [6.45, 7) is 3.54. The molecule has 2 rings (SSSR count). The molecule has 6 heteroatoms. The first kappa shape index (κ1) is 19.9. The Hall–Kier alpha value is -2.37. The molecule has 26 heavy (non-hydrogen) atoms. The highest BCUT2D eigenvalue weighted by Gasteiger charge is 2.23. The molecule has 1 atom stereocenters. The molecule has 1 aromatic carbocycles. The van der Waals surface area contributed by atoms with E-state index in [0.717, 1.165) is 17.5 Å². The van der Waals surface area contributed by atoms with Crippen LogP contribution >= 0.6 is 0 Å². The van der Waals surface area contributed by atoms with Crippen LogP contribution in [0.15, 0.2) is 18.2 Å². The molecule has 0 aliphatic heterocycles. The maximum Gasteiger partial charge on any atom is 0.330 e. The lowest BCUT2D eigenvalue weighted by Crippen LogP contribution is -2.41. The molecule has 2 amide bonds. The van der Waals surface area contributed by atoms with Gasteiger partial charge in [0.1, 0.15) is 0 Å². The van der Waals surface area contributed by atoms with Gasteiger partial charge in [0.05, 0.1) is 6.54 Å². The summed E-state index contributed by atoms with van der Waals surface area (Å²) in [6, 6.07) is 4.30. The summed E-state index contributed by atoms with van der Waals surface area (Å²) in [5, 5.41) is 14.5. The third kappa shape index (κ3) is 6.17. The van der Waals surface area contributed by atoms with Gasteiger partial charge in [0, 0.05) is 6.42 Å². The van der Waals surface area contributed by atoms with Crippen molar-refractivity contribution in [3.8, 4) is 0 Å². The second-order valence-corrected chi connectivity index (χ2v) is 7.23. The van der Waals surface area contributed by atoms with Crippen molar-refractivity contribution in [1.82, 2.24) is 10.6 Å². The molecule has 0 saturated heterocycles. The van der Waals surface area contributed by atoms with Crippen molar-refractivity contribution in [2.45, 2.75) is 58.4 Å². The van der Waals surface area contributed by atoms with E-state index >= 15 is 0 Å². The van der Waals surface area contributed by atoms with Crippen LogP contribution < -0.4 is 10.6 Å². The Labute approximate surface area is 154 Å². The minimum Gasteiger partial charge on any atom is -0.479 e. The van der Waals surface area contributed by atoms with E-state index in [4.69, 9.17) is 0 Å². The monoisotopic (exact) mass is 360 g/mol. The molecule has 0 radical (unpaired) electrons. The molecule has 0 aromatic heterocycles. The first-order chi connectivity index (χ1) is 12.3. The zero-order valence-electron chi connectivity index (χ0n) is 15.5. The van der Waals surface area contributed by atoms with Crippen molar-refractivity contribution >= 4 is 17.8 Å². The van der Waals surface area contributed by atoms with E-state index in [1.807, 2.05) is 19.9 Å². The first-order valence-corrected chi connectivity index (χ1v) is 9.22. The minimum atomic E-state index is -1.13. The third-order valence-corrected chi connectivity index (χ3v) is 4.83. The Kier molecular flexibility index (Phi) is 7.18. The van der Waals surface area contributed by atoms with Crippen molar-refractivity contribution in [3.63, 3.8) is 0 Å². The third-order valence-electron chi connectivity index (χ3n) is 4.83. The van der Waals surface area contributed by atoms with E-state index in [1.165, 1.54) is 25.7 Å². The van der Waals surface area contributed by atoms with Gasteiger partial charge in [-0.05, 0) is 31.7 Å². The predicted molar refractivity (Wildman–Crippen MR) is 98.6 cm³/mol. The van der Waals surface area contributed by atoms with Crippen molar-refractivity contribution in [1.29, 1.82) is 0 Å². The van der Waals surface area contributed by atoms with Crippen LogP contribution in [0.2, 0.25) is 0 Å². The summed E-state index contributed by atoms with van der Waals surface area (Å²) < 4.78 is 0. The quantitative estimate of drug-likeness (QED) is 0.664. The highest BCUT2D eigenvalue weighted by Crippen LogP contribution is 2.28. The number of hydrogen-bond acceptors (Lipinski definition) is 3. The number of benzene rings is 1. The minimum absolute atomic E-state index is 0.162. The number of hydrogen-bond donors (Lipinski definition) is 3. The number of carboxylic acids is 1. The molecule has 1 aliphatic carbocycles. The van der Waals surface area contributed by atoms with Gasteiger partial charge in [-0.1, -0.05) is 55.0 Å². The van der Waals surface area contributed by atoms with Crippen LogP contribution in [0.1, 0.15) is 61.3 Å². The molecule has 0 bridgehead atoms. The van der Waals surface area contributed by atoms with Crippen molar-refractivity contribution in [3.05, 3.63) is 34.9 Å². The number of aliphatic carboxylic acids is 1. The lowest BCUT2D eigenvalue weighted by atomic mass is 10.0. The molecular formula is C20H28N2O4. The second kappa shape index (κ2) is 9.36. The fraction of sp³-hybridized carbons (Fsp3) is 0.550. The van der Waals surface area contributed by atoms with Crippen LogP contribution in [0.25, 0.3) is 0 Å². The summed E-state index contributed by atoms with van der Waals surface area (Å²) >= 11 is 0. The Morgan fingerprint density at radius 3 is 2.27 bits per heavy atom. The van der Waals surface area contributed by atoms with Gasteiger partial charge in [0.2, 0.25) is 11.8 Å². The molecule has 0 heterocycles. The Balaban J connectivity index is 1.83. The maximum atomic E-state index is 12.1. The maximum absolute atomic E-state index is 12.1. The van der Waals surface area contributed by atoms with E-state index in [9.17, 15) is 19.5 Å². The highest BCUT2D eigenvalue weighted by molar-refractivity contribution is 5.88. The van der Waals surface area contributed by atoms with Gasteiger partial charge in [0.25, 0.3) is 0 Å². The Morgan fingerprint density at radius 1 is 1.08 bits per heavy atom. The average molecular weight is 360 g/mol. The second-order valence-electron chi connectivity index (χ2n) is 7.23. The Bertz CT molecular complexity index is 646. The number of rotatable bonds is 8. The van der Waals surface area contributed by atoms with E-state index < -0.39 is 17.9 Å². The number of amides is 2. The molecule has 3 N–H and O–H groups in total. The molecule has 1 aliphatic rings. The number of carboxylic acid groups (broad SMARTS) is 1. The fourth-order valence-electron chi connectivity index (χ4n) is 3.58. The van der Waals surface area contributed by atoms with E-state index in [0.29, 0.717) is 17.9 Å². The molecule has 142 valence electrons. The lowest BCUT2D eigenvalue weighted by molar-refractivity contribution is -0.141. The van der Waals surface area contributed by atoms with Crippen LogP contribution in [0, 0.1) is 19.8 Å². The molecule has 1 aromatic rings. The molecule has 6 nitrogen and oxygen atoms in total. The van der Waals surface area contributed by atoms with Crippen molar-refractivity contribution < 1.29 is 19.5 Å². The number of nitrogens with one attached hydrogen (secondary N) is 2. The van der Waals surface area contributed by atoms with Crippen molar-refractivity contribution in [2.75, 3.05) is 6.54 Å². The van der Waals surface area contributed by atoms with Crippen LogP contribution in [0.5, 0.6) is 0 Å². The number of carbonyl (C=O) groups is 3. The van der Waals surface area contributed by atoms with E-state index in [2.05, 4.69) is 10.6 Å². The number of aryl methyl sites for hydroxylation is 2. The molecule has 1 saturated carbocycles. The van der Waals surface area contributed by atoms with Gasteiger partial charge in [-0.2, -0.15) is 0 Å². The summed E-state index contributed by atoms with van der Waals surface area (Å²) in [5.41, 5.74) is 2.39. The molecule has 1 unspecified atom stereocenters. The normalized spacial score (nSPS) is 15.5. The largest absolute Gasteiger partial charge is 0.479 e. The van der Waals surface area contributed by atoms with E-state index in [-0.39, 0.29) is 12.5 Å². The van der Waals surface area contributed by atoms with Crippen LogP contribution in [-0.2, 0) is 14.4 Å². The van der Waals surface area contributed by atoms with Gasteiger partial charge in [-0.25, -0.2) is 4.79 Å². The lowest BCUT2D eigenvalue weighted by Gasteiger charge is -2.16. The molecule has 0 spiro atoms. The molecular weight excluding hydrogens is 332 g/mol. The topological polar surface area (TPSA) is 95.5 Å². The SMILES string of the molecule is Cc1cc(C)cc(C(NC(=O)CNC(=O)CCC2CCCC2)C(=O)O)c1. The standard InChI is InChI=1S/C20H28N2O4/c1-13-9-14(2)11-16(10-13)19(20(25)26)22-18(24)12-21-17(23)8-7-15-5-3-4-6-15/h9-11,15,19H,3-8,12H2,1-2H3,(H,21,23)(H,22,24)(H,25,26). The van der Waals surface area contributed by atoms with Crippen LogP contribution in [-0.4, -0.2) is 29.4 Å². The van der Waals surface area contributed by atoms with Gasteiger partial charge < -0.3 is 15.7 Å². The zero-order valence-corrected chi connectivity index (χ0v) is 15.5. The van der Waals surface area contributed by atoms with Gasteiger partial charge in [0.15, 0.2) is 6.04 Å². The van der Waals surface area contributed by atoms with Gasteiger partial charge in [-0.15, -0.1) is 0 Å². The van der Waals surface area contributed by atoms with Gasteiger partial charge >= 0.3 is 5.97 Å². The van der Waals surface area contributed by atoms with Crippen LogP contribution in [0.4, 0.5) is 0 Å². The fourth-order valence-corrected chi connectivity index (χ4v) is 3.58. The van der Waals surface area contributed by atoms with Crippen molar-refractivity contribution in [2.24, 2.45) is 5.92 Å². The van der Waals surface area contributed by atoms with E-state index in [1.54, 1.807) is 12.1 Å². The summed E-state index contributed by atoms with van der Waals surface area (Å²) in [7, 11) is 0. The first-order valence-electron chi connectivity index (χ1n) is 9.22. The summed E-state index contributed by atoms with van der Waals surface area (Å²) in [5.74, 6) is -1.18. The highest BCUT2D eigenvalue weighted by atomic mass is 16.4. The van der Waals surface area contributed by atoms with Gasteiger partial charge in [-0.3, -0.25) is 9.59 Å².